The van der Waals surface area contributed by atoms with Gasteiger partial charge < -0.3 is 9.64 Å². The van der Waals surface area contributed by atoms with Gasteiger partial charge in [-0.3, -0.25) is 4.90 Å². The van der Waals surface area contributed by atoms with Crippen molar-refractivity contribution in [2.24, 2.45) is 5.11 Å². The molecule has 1 saturated heterocycles. The van der Waals surface area contributed by atoms with Crippen molar-refractivity contribution in [3.8, 4) is 0 Å². The Morgan fingerprint density at radius 3 is 2.41 bits per heavy atom. The molecule has 0 aromatic heterocycles. The van der Waals surface area contributed by atoms with Gasteiger partial charge >= 0.3 is 16.3 Å². The molecule has 1 aliphatic heterocycles. The van der Waals surface area contributed by atoms with Crippen LogP contribution in [0.25, 0.3) is 10.4 Å². The largest absolute Gasteiger partial charge is 0.444 e. The number of hydrogen-bond acceptors (Lipinski definition) is 6. The lowest BCUT2D eigenvalue weighted by Gasteiger charge is -2.35. The Balaban J connectivity index is 2.05. The van der Waals surface area contributed by atoms with E-state index in [9.17, 15) is 17.1 Å². The van der Waals surface area contributed by atoms with Gasteiger partial charge in [-0.15, -0.1) is 3.89 Å². The molecule has 2 rings (SSSR count). The highest BCUT2D eigenvalue weighted by molar-refractivity contribution is 7.86. The first-order chi connectivity index (χ1) is 12.5. The molecule has 27 heavy (non-hydrogen) atoms. The van der Waals surface area contributed by atoms with Crippen molar-refractivity contribution in [1.82, 2.24) is 9.80 Å². The summed E-state index contributed by atoms with van der Waals surface area (Å²) in [4.78, 5) is 17.7. The van der Waals surface area contributed by atoms with Crippen molar-refractivity contribution in [1.29, 1.82) is 0 Å². The van der Waals surface area contributed by atoms with Crippen LogP contribution in [0, 0.1) is 0 Å². The second-order valence-electron chi connectivity index (χ2n) is 7.21. The van der Waals surface area contributed by atoms with Crippen LogP contribution in [0.4, 0.5) is 14.4 Å². The highest BCUT2D eigenvalue weighted by Gasteiger charge is 2.26. The van der Waals surface area contributed by atoms with E-state index in [1.165, 1.54) is 12.1 Å². The summed E-state index contributed by atoms with van der Waals surface area (Å²) >= 11 is 0. The average molecular weight is 399 g/mol. The van der Waals surface area contributed by atoms with Crippen LogP contribution in [0.5, 0.6) is 0 Å². The van der Waals surface area contributed by atoms with Gasteiger partial charge in [0.1, 0.15) is 5.60 Å². The first kappa shape index (κ1) is 20.9. The summed E-state index contributed by atoms with van der Waals surface area (Å²) in [6.07, 6.45) is -0.377. The van der Waals surface area contributed by atoms with Gasteiger partial charge in [0.25, 0.3) is 0 Å². The second-order valence-corrected chi connectivity index (χ2v) is 8.55. The molecular weight excluding hydrogens is 377 g/mol. The molecule has 11 heteroatoms. The average Bonchev–Trinajstić information content (AvgIpc) is 2.53. The molecule has 9 nitrogen and oxygen atoms in total. The molecule has 0 saturated carbocycles. The van der Waals surface area contributed by atoms with E-state index in [1.54, 1.807) is 25.7 Å². The van der Waals surface area contributed by atoms with Crippen molar-refractivity contribution in [2.75, 3.05) is 26.2 Å². The maximum atomic E-state index is 13.3. The number of rotatable bonds is 4. The maximum absolute atomic E-state index is 13.3. The summed E-state index contributed by atoms with van der Waals surface area (Å²) in [7, 11) is -4.92. The van der Waals surface area contributed by atoms with Gasteiger partial charge in [0.15, 0.2) is 0 Å². The van der Waals surface area contributed by atoms with Gasteiger partial charge in [-0.05, 0) is 50.1 Å². The summed E-state index contributed by atoms with van der Waals surface area (Å²) in [5.74, 6) is 0. The Morgan fingerprint density at radius 2 is 1.89 bits per heavy atom. The van der Waals surface area contributed by atoms with E-state index in [0.717, 1.165) is 6.07 Å². The summed E-state index contributed by atoms with van der Waals surface area (Å²) < 4.78 is 41.1. The van der Waals surface area contributed by atoms with Crippen LogP contribution in [0.2, 0.25) is 0 Å². The molecule has 1 aromatic rings. The number of amides is 1. The SMILES string of the molecule is CC(C)(C)OC(=O)N1CCN(Cc2cc(N=[N+]=[N-])cc(S(=O)(=O)F)c2)CC1. The third kappa shape index (κ3) is 6.38. The number of halogens is 1. The van der Waals surface area contributed by atoms with Crippen LogP contribution in [0.3, 0.4) is 0 Å². The third-order valence-electron chi connectivity index (χ3n) is 3.82. The fourth-order valence-corrected chi connectivity index (χ4v) is 3.21. The zero-order valence-corrected chi connectivity index (χ0v) is 16.2. The van der Waals surface area contributed by atoms with Crippen LogP contribution in [-0.2, 0) is 21.5 Å². The molecule has 0 radical (unpaired) electrons. The van der Waals surface area contributed by atoms with Crippen molar-refractivity contribution >= 4 is 22.0 Å². The van der Waals surface area contributed by atoms with Crippen LogP contribution < -0.4 is 0 Å². The predicted molar refractivity (Wildman–Crippen MR) is 96.6 cm³/mol. The van der Waals surface area contributed by atoms with Crippen LogP contribution in [-0.4, -0.2) is 56.1 Å². The predicted octanol–water partition coefficient (Wildman–Crippen LogP) is 3.34. The Kier molecular flexibility index (Phi) is 6.30. The number of azide groups is 1. The third-order valence-corrected chi connectivity index (χ3v) is 4.62. The number of ether oxygens (including phenoxy) is 1. The zero-order valence-electron chi connectivity index (χ0n) is 15.4. The minimum Gasteiger partial charge on any atom is -0.444 e. The van der Waals surface area contributed by atoms with Gasteiger partial charge in [-0.2, -0.15) is 8.42 Å². The molecule has 0 N–H and O–H groups in total. The van der Waals surface area contributed by atoms with Crippen LogP contribution >= 0.6 is 0 Å². The van der Waals surface area contributed by atoms with E-state index in [4.69, 9.17) is 10.3 Å². The van der Waals surface area contributed by atoms with Gasteiger partial charge in [-0.25, -0.2) is 4.79 Å². The normalized spacial score (nSPS) is 15.9. The molecule has 1 aromatic carbocycles. The highest BCUT2D eigenvalue weighted by atomic mass is 32.3. The molecule has 1 aliphatic rings. The van der Waals surface area contributed by atoms with Crippen molar-refractivity contribution in [3.05, 3.63) is 34.2 Å². The summed E-state index contributed by atoms with van der Waals surface area (Å²) in [6, 6.07) is 3.71. The van der Waals surface area contributed by atoms with E-state index in [2.05, 4.69) is 10.0 Å². The van der Waals surface area contributed by atoms with Gasteiger partial charge in [0.05, 0.1) is 4.90 Å². The first-order valence-electron chi connectivity index (χ1n) is 8.32. The number of hydrogen-bond donors (Lipinski definition) is 0. The van der Waals surface area contributed by atoms with Gasteiger partial charge in [0, 0.05) is 43.3 Å². The smallest absolute Gasteiger partial charge is 0.410 e. The van der Waals surface area contributed by atoms with Crippen LogP contribution in [0.15, 0.2) is 28.2 Å². The molecule has 0 spiro atoms. The summed E-state index contributed by atoms with van der Waals surface area (Å²) in [5.41, 5.74) is 8.51. The monoisotopic (exact) mass is 399 g/mol. The standard InChI is InChI=1S/C16H22FN5O4S/c1-16(2,3)26-15(23)22-6-4-21(5-7-22)11-12-8-13(19-20-18)10-14(9-12)27(17,24)25/h8-10H,4-7,11H2,1-3H3. The lowest BCUT2D eigenvalue weighted by molar-refractivity contribution is 0.0139. The minimum atomic E-state index is -4.92. The lowest BCUT2D eigenvalue weighted by Crippen LogP contribution is -2.49. The van der Waals surface area contributed by atoms with Crippen molar-refractivity contribution in [3.63, 3.8) is 0 Å². The van der Waals surface area contributed by atoms with E-state index in [0.29, 0.717) is 38.3 Å². The molecule has 0 atom stereocenters. The Bertz CT molecular complexity index is 854. The van der Waals surface area contributed by atoms with Crippen molar-refractivity contribution < 1.29 is 21.8 Å². The minimum absolute atomic E-state index is 0.0265. The molecule has 148 valence electrons. The van der Waals surface area contributed by atoms with E-state index >= 15 is 0 Å². The lowest BCUT2D eigenvalue weighted by atomic mass is 10.1. The number of benzene rings is 1. The molecule has 1 heterocycles. The number of carbonyl (C=O) groups excluding carboxylic acids is 1. The maximum Gasteiger partial charge on any atom is 0.410 e. The summed E-state index contributed by atoms with van der Waals surface area (Å²) in [5, 5.41) is 3.37. The van der Waals surface area contributed by atoms with Gasteiger partial charge in [-0.1, -0.05) is 5.11 Å². The number of nitrogens with zero attached hydrogens (tertiary/aromatic N) is 5. The first-order valence-corrected chi connectivity index (χ1v) is 9.70. The van der Waals surface area contributed by atoms with Gasteiger partial charge in [0.2, 0.25) is 0 Å². The Labute approximate surface area is 157 Å². The topological polar surface area (TPSA) is 116 Å². The molecule has 1 fully saturated rings. The van der Waals surface area contributed by atoms with E-state index in [-0.39, 0.29) is 11.8 Å². The fraction of sp³-hybridized carbons (Fsp3) is 0.562. The second kappa shape index (κ2) is 8.12. The van der Waals surface area contributed by atoms with Crippen LogP contribution in [0.1, 0.15) is 26.3 Å². The van der Waals surface area contributed by atoms with Crippen molar-refractivity contribution in [2.45, 2.75) is 37.8 Å². The molecular formula is C16H22FN5O4S. The Hall–Kier alpha value is -2.36. The van der Waals surface area contributed by atoms with E-state index in [1.807, 2.05) is 4.90 Å². The molecule has 0 unspecified atom stereocenters. The summed E-state index contributed by atoms with van der Waals surface area (Å²) in [6.45, 7) is 7.74. The number of carbonyl (C=O) groups is 1. The van der Waals surface area contributed by atoms with E-state index < -0.39 is 20.7 Å². The Morgan fingerprint density at radius 1 is 1.26 bits per heavy atom. The fourth-order valence-electron chi connectivity index (χ4n) is 2.66. The highest BCUT2D eigenvalue weighted by Crippen LogP contribution is 2.24. The molecule has 0 aliphatic carbocycles. The number of piperazine rings is 1. The zero-order chi connectivity index (χ0) is 20.2. The molecule has 0 bridgehead atoms. The quantitative estimate of drug-likeness (QED) is 0.333. The molecule has 1 amide bonds.